The van der Waals surface area contributed by atoms with Gasteiger partial charge in [-0.05, 0) is 63.8 Å². The van der Waals surface area contributed by atoms with E-state index in [0.29, 0.717) is 16.0 Å². The second kappa shape index (κ2) is 7.79. The van der Waals surface area contributed by atoms with E-state index < -0.39 is 35.4 Å². The van der Waals surface area contributed by atoms with Crippen LogP contribution in [0.5, 0.6) is 0 Å². The zero-order valence-electron chi connectivity index (χ0n) is 16.0. The summed E-state index contributed by atoms with van der Waals surface area (Å²) in [5.74, 6) is -6.40. The molecule has 0 unspecified atom stereocenters. The number of hydrogen-bond acceptors (Lipinski definition) is 4. The molecular weight excluding hydrogens is 492 g/mol. The first-order valence-corrected chi connectivity index (χ1v) is 9.97. The second-order valence-corrected chi connectivity index (χ2v) is 7.94. The van der Waals surface area contributed by atoms with E-state index in [1.54, 1.807) is 0 Å². The van der Waals surface area contributed by atoms with Gasteiger partial charge in [0, 0.05) is 10.9 Å². The highest BCUT2D eigenvalue weighted by Gasteiger charge is 2.40. The summed E-state index contributed by atoms with van der Waals surface area (Å²) < 4.78 is 27.2. The third-order valence-corrected chi connectivity index (χ3v) is 5.87. The van der Waals surface area contributed by atoms with E-state index in [1.807, 2.05) is 0 Å². The summed E-state index contributed by atoms with van der Waals surface area (Å²) in [5.41, 5.74) is -0.460. The molecule has 2 N–H and O–H groups in total. The lowest BCUT2D eigenvalue weighted by atomic mass is 9.94. The van der Waals surface area contributed by atoms with E-state index in [0.717, 1.165) is 12.1 Å². The van der Waals surface area contributed by atoms with Crippen molar-refractivity contribution in [2.75, 3.05) is 4.90 Å². The molecule has 1 heterocycles. The number of amides is 2. The van der Waals surface area contributed by atoms with Gasteiger partial charge in [0.1, 0.15) is 5.83 Å². The number of nitrogens with zero attached hydrogens (tertiary/aromatic N) is 1. The number of carbonyl (C=O) groups excluding carboxylic acids is 2. The zero-order chi connectivity index (χ0) is 23.3. The fourth-order valence-electron chi connectivity index (χ4n) is 3.64. The fraction of sp³-hybridized carbons (Fsp3) is 0.0909. The van der Waals surface area contributed by atoms with Crippen molar-refractivity contribution in [1.82, 2.24) is 0 Å². The van der Waals surface area contributed by atoms with Crippen LogP contribution < -0.4 is 4.90 Å². The lowest BCUT2D eigenvalue weighted by Crippen LogP contribution is -2.31. The highest BCUT2D eigenvalue weighted by Crippen LogP contribution is 2.37. The lowest BCUT2D eigenvalue weighted by Gasteiger charge is -2.19. The average molecular weight is 504 g/mol. The van der Waals surface area contributed by atoms with E-state index in [2.05, 4.69) is 15.9 Å². The van der Waals surface area contributed by atoms with Crippen LogP contribution in [0.4, 0.5) is 14.5 Å². The summed E-state index contributed by atoms with van der Waals surface area (Å²) in [6.45, 7) is 0. The Balaban J connectivity index is 1.86. The molecule has 32 heavy (non-hydrogen) atoms. The number of allylic oxidation sites excluding steroid dienone is 4. The van der Waals surface area contributed by atoms with Crippen molar-refractivity contribution in [1.29, 1.82) is 0 Å². The first kappa shape index (κ1) is 21.6. The van der Waals surface area contributed by atoms with Crippen molar-refractivity contribution in [3.8, 4) is 0 Å². The Hall–Kier alpha value is -3.66. The molecule has 2 amide bonds. The number of anilines is 1. The first-order valence-electron chi connectivity index (χ1n) is 9.18. The van der Waals surface area contributed by atoms with Crippen LogP contribution in [0.25, 0.3) is 5.57 Å². The van der Waals surface area contributed by atoms with E-state index in [9.17, 15) is 38.2 Å². The maximum atomic E-state index is 13.7. The van der Waals surface area contributed by atoms with Crippen LogP contribution in [0, 0.1) is 0 Å². The minimum absolute atomic E-state index is 0.0793. The smallest absolute Gasteiger partial charge is 0.337 e. The molecule has 0 radical (unpaired) electrons. The van der Waals surface area contributed by atoms with Gasteiger partial charge in [0.15, 0.2) is 5.83 Å². The SMILES string of the molecule is O=C(O)c1cc2c(cc1Br)C(=O)N(c1cc(C3=CC(F)=C(F)CC3)ccc1C(=O)O)C2=O. The van der Waals surface area contributed by atoms with Crippen LogP contribution in [-0.2, 0) is 0 Å². The molecule has 1 aliphatic carbocycles. The maximum Gasteiger partial charge on any atom is 0.337 e. The van der Waals surface area contributed by atoms with Crippen LogP contribution in [0.15, 0.2) is 52.5 Å². The van der Waals surface area contributed by atoms with Gasteiger partial charge in [0.05, 0.1) is 27.9 Å². The molecule has 0 saturated carbocycles. The molecule has 7 nitrogen and oxygen atoms in total. The third-order valence-electron chi connectivity index (χ3n) is 5.22. The standard InChI is InChI=1S/C22H12BrF2NO6/c23-15-8-13-12(7-14(15)22(31)32)19(27)26(20(13)28)18-6-10(1-3-11(18)21(29)30)9-2-4-16(24)17(25)5-9/h1,3,5-8H,2,4H2,(H,29,30)(H,31,32). The topological polar surface area (TPSA) is 112 Å². The minimum Gasteiger partial charge on any atom is -0.478 e. The summed E-state index contributed by atoms with van der Waals surface area (Å²) >= 11 is 3.05. The number of carboxylic acids is 2. The fourth-order valence-corrected chi connectivity index (χ4v) is 4.15. The Kier molecular flexibility index (Phi) is 5.25. The van der Waals surface area contributed by atoms with Gasteiger partial charge in [-0.2, -0.15) is 0 Å². The number of imide groups is 1. The summed E-state index contributed by atoms with van der Waals surface area (Å²) in [6.07, 6.45) is 0.950. The predicted molar refractivity (Wildman–Crippen MR) is 112 cm³/mol. The lowest BCUT2D eigenvalue weighted by molar-refractivity contribution is 0.0685. The zero-order valence-corrected chi connectivity index (χ0v) is 17.6. The van der Waals surface area contributed by atoms with Gasteiger partial charge >= 0.3 is 11.9 Å². The maximum absolute atomic E-state index is 13.7. The average Bonchev–Trinajstić information content (AvgIpc) is 2.98. The quantitative estimate of drug-likeness (QED) is 0.569. The number of rotatable bonds is 4. The van der Waals surface area contributed by atoms with Crippen LogP contribution in [0.1, 0.15) is 59.8 Å². The van der Waals surface area contributed by atoms with Gasteiger partial charge < -0.3 is 10.2 Å². The Bertz CT molecular complexity index is 1310. The summed E-state index contributed by atoms with van der Waals surface area (Å²) in [5, 5.41) is 18.9. The van der Waals surface area contributed by atoms with E-state index in [1.165, 1.54) is 24.3 Å². The molecule has 0 saturated heterocycles. The molecule has 0 atom stereocenters. The van der Waals surface area contributed by atoms with Crippen LogP contribution >= 0.6 is 15.9 Å². The number of aromatic carboxylic acids is 2. The van der Waals surface area contributed by atoms with Crippen LogP contribution in [-0.4, -0.2) is 34.0 Å². The normalized spacial score (nSPS) is 15.7. The van der Waals surface area contributed by atoms with Gasteiger partial charge in [-0.1, -0.05) is 6.07 Å². The Labute approximate surface area is 187 Å². The Morgan fingerprint density at radius 1 is 0.906 bits per heavy atom. The van der Waals surface area contributed by atoms with Crippen molar-refractivity contribution in [2.45, 2.75) is 12.8 Å². The molecule has 1 aliphatic heterocycles. The van der Waals surface area contributed by atoms with Gasteiger partial charge in [-0.3, -0.25) is 9.59 Å². The summed E-state index contributed by atoms with van der Waals surface area (Å²) in [7, 11) is 0. The minimum atomic E-state index is -1.41. The molecule has 10 heteroatoms. The van der Waals surface area contributed by atoms with Crippen molar-refractivity contribution in [3.05, 3.63) is 80.4 Å². The molecule has 2 aromatic rings. The van der Waals surface area contributed by atoms with Gasteiger partial charge in [0.2, 0.25) is 0 Å². The largest absolute Gasteiger partial charge is 0.478 e. The number of hydrogen-bond donors (Lipinski definition) is 2. The molecule has 2 aromatic carbocycles. The van der Waals surface area contributed by atoms with Crippen molar-refractivity contribution >= 4 is 50.9 Å². The highest BCUT2D eigenvalue weighted by atomic mass is 79.9. The van der Waals surface area contributed by atoms with Crippen molar-refractivity contribution < 1.29 is 38.2 Å². The third kappa shape index (κ3) is 3.42. The number of benzene rings is 2. The summed E-state index contributed by atoms with van der Waals surface area (Å²) in [4.78, 5) is 49.8. The number of carboxylic acid groups (broad SMARTS) is 2. The number of carbonyl (C=O) groups is 4. The second-order valence-electron chi connectivity index (χ2n) is 7.09. The van der Waals surface area contributed by atoms with E-state index in [-0.39, 0.29) is 45.3 Å². The Morgan fingerprint density at radius 3 is 2.12 bits per heavy atom. The first-order chi connectivity index (χ1) is 15.1. The van der Waals surface area contributed by atoms with Crippen molar-refractivity contribution in [3.63, 3.8) is 0 Å². The molecule has 0 bridgehead atoms. The van der Waals surface area contributed by atoms with E-state index in [4.69, 9.17) is 0 Å². The highest BCUT2D eigenvalue weighted by molar-refractivity contribution is 9.10. The molecule has 2 aliphatic rings. The molecule has 4 rings (SSSR count). The summed E-state index contributed by atoms with van der Waals surface area (Å²) in [6, 6.07) is 6.03. The number of fused-ring (bicyclic) bond motifs is 1. The van der Waals surface area contributed by atoms with Gasteiger partial charge in [-0.25, -0.2) is 23.3 Å². The van der Waals surface area contributed by atoms with Gasteiger partial charge in [-0.15, -0.1) is 0 Å². The molecule has 0 spiro atoms. The van der Waals surface area contributed by atoms with Gasteiger partial charge in [0.25, 0.3) is 11.8 Å². The molecular formula is C22H12BrF2NO6. The van der Waals surface area contributed by atoms with Crippen LogP contribution in [0.3, 0.4) is 0 Å². The predicted octanol–water partition coefficient (Wildman–Crippen LogP) is 4.97. The van der Waals surface area contributed by atoms with E-state index >= 15 is 0 Å². The Morgan fingerprint density at radius 2 is 1.53 bits per heavy atom. The van der Waals surface area contributed by atoms with Crippen molar-refractivity contribution in [2.24, 2.45) is 0 Å². The molecule has 162 valence electrons. The van der Waals surface area contributed by atoms with Crippen LogP contribution in [0.2, 0.25) is 0 Å². The molecule has 0 aromatic heterocycles. The molecule has 0 fully saturated rings. The monoisotopic (exact) mass is 503 g/mol. The number of halogens is 3.